The first-order valence-electron chi connectivity index (χ1n) is 12.0. The molecular formula is C33H29N. The molecule has 0 aliphatic rings. The Labute approximate surface area is 202 Å². The number of nitrogens with zero attached hydrogens (tertiary/aromatic N) is 1. The number of aromatic nitrogens is 1. The van der Waals surface area contributed by atoms with Crippen LogP contribution in [0.4, 0.5) is 0 Å². The van der Waals surface area contributed by atoms with Crippen molar-refractivity contribution >= 4 is 0 Å². The van der Waals surface area contributed by atoms with Gasteiger partial charge >= 0.3 is 0 Å². The second-order valence-corrected chi connectivity index (χ2v) is 8.84. The molecule has 0 radical (unpaired) electrons. The van der Waals surface area contributed by atoms with Gasteiger partial charge < -0.3 is 0 Å². The number of rotatable bonds is 8. The maximum absolute atomic E-state index is 5.07. The Hall–Kier alpha value is -3.97. The van der Waals surface area contributed by atoms with Crippen LogP contribution in [0.15, 0.2) is 128 Å². The van der Waals surface area contributed by atoms with Gasteiger partial charge in [-0.3, -0.25) is 4.98 Å². The quantitative estimate of drug-likeness (QED) is 0.245. The molecule has 1 heteroatoms. The molecule has 0 unspecified atom stereocenters. The van der Waals surface area contributed by atoms with Gasteiger partial charge in [0.2, 0.25) is 0 Å². The second kappa shape index (κ2) is 10.8. The predicted octanol–water partition coefficient (Wildman–Crippen LogP) is 7.44. The third-order valence-electron chi connectivity index (χ3n) is 6.38. The van der Waals surface area contributed by atoms with Crippen LogP contribution in [-0.2, 0) is 25.7 Å². The maximum Gasteiger partial charge on any atom is 0.0485 e. The van der Waals surface area contributed by atoms with E-state index in [0.29, 0.717) is 0 Å². The summed E-state index contributed by atoms with van der Waals surface area (Å²) in [6, 6.07) is 43.0. The first-order chi connectivity index (χ1) is 16.8. The van der Waals surface area contributed by atoms with Crippen LogP contribution in [0, 0.1) is 0 Å². The summed E-state index contributed by atoms with van der Waals surface area (Å²) in [4.78, 5) is 5.07. The molecule has 0 saturated carbocycles. The summed E-state index contributed by atoms with van der Waals surface area (Å²) in [5.41, 5.74) is 10.6. The van der Waals surface area contributed by atoms with Crippen LogP contribution in [0.1, 0.15) is 44.6 Å². The van der Waals surface area contributed by atoms with Crippen molar-refractivity contribution in [3.05, 3.63) is 172 Å². The average Bonchev–Trinajstić information content (AvgIpc) is 2.90. The summed E-state index contributed by atoms with van der Waals surface area (Å²) in [7, 11) is 0. The standard InChI is InChI=1S/C33H29N/c1-5-13-26(14-6-1)21-30-25-34-33(24-29-19-11-4-12-20-29)32(23-28-17-9-3-10-18-28)31(30)22-27-15-7-2-8-16-27/h1-20,25H,21-24H2. The van der Waals surface area contributed by atoms with E-state index < -0.39 is 0 Å². The molecule has 0 aliphatic carbocycles. The average molecular weight is 440 g/mol. The molecule has 34 heavy (non-hydrogen) atoms. The number of hydrogen-bond acceptors (Lipinski definition) is 1. The molecule has 0 aliphatic heterocycles. The lowest BCUT2D eigenvalue weighted by Crippen LogP contribution is -2.10. The maximum atomic E-state index is 5.07. The van der Waals surface area contributed by atoms with E-state index in [4.69, 9.17) is 4.98 Å². The Bertz CT molecular complexity index is 1210. The summed E-state index contributed by atoms with van der Waals surface area (Å²) in [6.45, 7) is 0. The van der Waals surface area contributed by atoms with Gasteiger partial charge in [0.1, 0.15) is 0 Å². The Morgan fingerprint density at radius 1 is 0.382 bits per heavy atom. The lowest BCUT2D eigenvalue weighted by molar-refractivity contribution is 0.936. The van der Waals surface area contributed by atoms with Crippen LogP contribution in [-0.4, -0.2) is 4.98 Å². The van der Waals surface area contributed by atoms with E-state index in [-0.39, 0.29) is 0 Å². The zero-order valence-corrected chi connectivity index (χ0v) is 19.4. The van der Waals surface area contributed by atoms with E-state index in [0.717, 1.165) is 25.7 Å². The largest absolute Gasteiger partial charge is 0.260 e. The molecule has 0 amide bonds. The van der Waals surface area contributed by atoms with E-state index in [1.165, 1.54) is 44.6 Å². The van der Waals surface area contributed by atoms with Gasteiger partial charge in [-0.1, -0.05) is 121 Å². The van der Waals surface area contributed by atoms with Crippen LogP contribution >= 0.6 is 0 Å². The van der Waals surface area contributed by atoms with Gasteiger partial charge in [-0.05, 0) is 58.2 Å². The van der Waals surface area contributed by atoms with Crippen molar-refractivity contribution < 1.29 is 0 Å². The van der Waals surface area contributed by atoms with Crippen molar-refractivity contribution in [3.8, 4) is 0 Å². The van der Waals surface area contributed by atoms with Gasteiger partial charge in [-0.2, -0.15) is 0 Å². The minimum absolute atomic E-state index is 0.844. The highest BCUT2D eigenvalue weighted by molar-refractivity contribution is 5.46. The monoisotopic (exact) mass is 439 g/mol. The van der Waals surface area contributed by atoms with Crippen molar-refractivity contribution in [3.63, 3.8) is 0 Å². The number of pyridine rings is 1. The second-order valence-electron chi connectivity index (χ2n) is 8.84. The molecule has 5 aromatic rings. The van der Waals surface area contributed by atoms with E-state index >= 15 is 0 Å². The SMILES string of the molecule is c1ccc(Cc2cnc(Cc3ccccc3)c(Cc3ccccc3)c2Cc2ccccc2)cc1. The lowest BCUT2D eigenvalue weighted by atomic mass is 9.87. The third kappa shape index (κ3) is 5.50. The Morgan fingerprint density at radius 3 is 1.24 bits per heavy atom. The lowest BCUT2D eigenvalue weighted by Gasteiger charge is -2.19. The Balaban J connectivity index is 1.63. The van der Waals surface area contributed by atoms with E-state index in [2.05, 4.69) is 128 Å². The topological polar surface area (TPSA) is 12.9 Å². The number of hydrogen-bond donors (Lipinski definition) is 0. The van der Waals surface area contributed by atoms with Crippen molar-refractivity contribution in [2.45, 2.75) is 25.7 Å². The molecule has 1 heterocycles. The van der Waals surface area contributed by atoms with E-state index in [1.807, 2.05) is 0 Å². The van der Waals surface area contributed by atoms with Gasteiger partial charge in [-0.25, -0.2) is 0 Å². The van der Waals surface area contributed by atoms with Crippen LogP contribution in [0.5, 0.6) is 0 Å². The number of benzene rings is 4. The summed E-state index contributed by atoms with van der Waals surface area (Å²) in [5.74, 6) is 0. The molecule has 5 rings (SSSR count). The van der Waals surface area contributed by atoms with Crippen LogP contribution in [0.3, 0.4) is 0 Å². The summed E-state index contributed by atoms with van der Waals surface area (Å²) in [5, 5.41) is 0. The highest BCUT2D eigenvalue weighted by atomic mass is 14.7. The molecule has 0 spiro atoms. The molecule has 4 aromatic carbocycles. The summed E-state index contributed by atoms with van der Waals surface area (Å²) >= 11 is 0. The van der Waals surface area contributed by atoms with Gasteiger partial charge in [0.05, 0.1) is 0 Å². The fourth-order valence-electron chi connectivity index (χ4n) is 4.62. The minimum Gasteiger partial charge on any atom is -0.260 e. The van der Waals surface area contributed by atoms with Gasteiger partial charge in [0, 0.05) is 18.3 Å². The summed E-state index contributed by atoms with van der Waals surface area (Å²) in [6.07, 6.45) is 5.66. The molecule has 166 valence electrons. The Kier molecular flexibility index (Phi) is 6.92. The van der Waals surface area contributed by atoms with Gasteiger partial charge in [0.25, 0.3) is 0 Å². The summed E-state index contributed by atoms with van der Waals surface area (Å²) < 4.78 is 0. The molecule has 1 aromatic heterocycles. The molecule has 1 nitrogen and oxygen atoms in total. The van der Waals surface area contributed by atoms with Crippen LogP contribution in [0.25, 0.3) is 0 Å². The zero-order chi connectivity index (χ0) is 23.0. The predicted molar refractivity (Wildman–Crippen MR) is 141 cm³/mol. The first-order valence-corrected chi connectivity index (χ1v) is 12.0. The molecule has 0 fully saturated rings. The first kappa shape index (κ1) is 21.9. The molecule has 0 saturated heterocycles. The van der Waals surface area contributed by atoms with Crippen molar-refractivity contribution in [2.24, 2.45) is 0 Å². The van der Waals surface area contributed by atoms with Crippen molar-refractivity contribution in [2.75, 3.05) is 0 Å². The molecule has 0 atom stereocenters. The van der Waals surface area contributed by atoms with E-state index in [1.54, 1.807) is 0 Å². The van der Waals surface area contributed by atoms with Gasteiger partial charge in [-0.15, -0.1) is 0 Å². The molecule has 0 bridgehead atoms. The normalized spacial score (nSPS) is 10.8. The van der Waals surface area contributed by atoms with E-state index in [9.17, 15) is 0 Å². The van der Waals surface area contributed by atoms with Crippen molar-refractivity contribution in [1.29, 1.82) is 0 Å². The zero-order valence-electron chi connectivity index (χ0n) is 19.4. The van der Waals surface area contributed by atoms with Crippen molar-refractivity contribution in [1.82, 2.24) is 4.98 Å². The van der Waals surface area contributed by atoms with Crippen LogP contribution in [0.2, 0.25) is 0 Å². The fraction of sp³-hybridized carbons (Fsp3) is 0.121. The fourth-order valence-corrected chi connectivity index (χ4v) is 4.62. The minimum atomic E-state index is 0.844. The third-order valence-corrected chi connectivity index (χ3v) is 6.38. The Morgan fingerprint density at radius 2 is 0.765 bits per heavy atom. The molecule has 0 N–H and O–H groups in total. The highest BCUT2D eigenvalue weighted by Crippen LogP contribution is 2.27. The van der Waals surface area contributed by atoms with Crippen LogP contribution < -0.4 is 0 Å². The van der Waals surface area contributed by atoms with Gasteiger partial charge in [0.15, 0.2) is 0 Å². The highest BCUT2D eigenvalue weighted by Gasteiger charge is 2.17. The smallest absolute Gasteiger partial charge is 0.0485 e. The molecular weight excluding hydrogens is 410 g/mol.